The predicted octanol–water partition coefficient (Wildman–Crippen LogP) is 2.83. The van der Waals surface area contributed by atoms with Crippen LogP contribution in [0.25, 0.3) is 0 Å². The van der Waals surface area contributed by atoms with Crippen LogP contribution in [-0.4, -0.2) is 35.0 Å². The van der Waals surface area contributed by atoms with Crippen molar-refractivity contribution in [3.05, 3.63) is 59.9 Å². The first-order chi connectivity index (χ1) is 11.3. The summed E-state index contributed by atoms with van der Waals surface area (Å²) in [5.41, 5.74) is 2.41. The number of nitrogens with zero attached hydrogens (tertiary/aromatic N) is 2. The molecule has 1 N–H and O–H groups in total. The Labute approximate surface area is 135 Å². The van der Waals surface area contributed by atoms with Gasteiger partial charge in [0, 0.05) is 25.0 Å². The Balaban J connectivity index is 1.70. The third kappa shape index (κ3) is 2.68. The van der Waals surface area contributed by atoms with Gasteiger partial charge in [-0.2, -0.15) is 0 Å². The fraction of sp³-hybridized carbons (Fsp3) is 0.333. The molecule has 0 bridgehead atoms. The molecule has 2 aliphatic rings. The SMILES string of the molecule is O=C1c2ccccc2N[C@@H](c2ccccn2)N1C[C@H]1CCCO1. The van der Waals surface area contributed by atoms with E-state index < -0.39 is 0 Å². The van der Waals surface area contributed by atoms with Crippen LogP contribution < -0.4 is 5.32 Å². The number of aromatic nitrogens is 1. The molecule has 0 saturated carbocycles. The molecule has 1 saturated heterocycles. The van der Waals surface area contributed by atoms with E-state index in [1.165, 1.54) is 0 Å². The van der Waals surface area contributed by atoms with Crippen LogP contribution >= 0.6 is 0 Å². The minimum absolute atomic E-state index is 0.0329. The average molecular weight is 309 g/mol. The van der Waals surface area contributed by atoms with Gasteiger partial charge in [-0.3, -0.25) is 9.78 Å². The molecule has 3 heterocycles. The molecule has 1 fully saturated rings. The summed E-state index contributed by atoms with van der Waals surface area (Å²) in [6.45, 7) is 1.37. The molecule has 4 rings (SSSR count). The lowest BCUT2D eigenvalue weighted by Crippen LogP contribution is -2.46. The van der Waals surface area contributed by atoms with Crippen molar-refractivity contribution < 1.29 is 9.53 Å². The molecule has 5 nitrogen and oxygen atoms in total. The van der Waals surface area contributed by atoms with Crippen molar-refractivity contribution in [3.8, 4) is 0 Å². The fourth-order valence-corrected chi connectivity index (χ4v) is 3.26. The number of hydrogen-bond acceptors (Lipinski definition) is 4. The summed E-state index contributed by atoms with van der Waals surface area (Å²) in [5.74, 6) is 0.0329. The Kier molecular flexibility index (Phi) is 3.71. The molecule has 0 radical (unpaired) electrons. The molecule has 2 atom stereocenters. The van der Waals surface area contributed by atoms with Crippen LogP contribution in [0.2, 0.25) is 0 Å². The quantitative estimate of drug-likeness (QED) is 0.947. The number of hydrogen-bond donors (Lipinski definition) is 1. The number of pyridine rings is 1. The van der Waals surface area contributed by atoms with Gasteiger partial charge in [0.25, 0.3) is 5.91 Å². The van der Waals surface area contributed by atoms with Crippen LogP contribution in [0.4, 0.5) is 5.69 Å². The van der Waals surface area contributed by atoms with E-state index in [2.05, 4.69) is 10.3 Å². The van der Waals surface area contributed by atoms with E-state index in [-0.39, 0.29) is 18.2 Å². The average Bonchev–Trinajstić information content (AvgIpc) is 3.11. The molecule has 1 amide bonds. The predicted molar refractivity (Wildman–Crippen MR) is 87.1 cm³/mol. The van der Waals surface area contributed by atoms with Crippen molar-refractivity contribution in [2.75, 3.05) is 18.5 Å². The van der Waals surface area contributed by atoms with Gasteiger partial charge in [0.05, 0.1) is 17.4 Å². The van der Waals surface area contributed by atoms with Crippen molar-refractivity contribution in [2.45, 2.75) is 25.1 Å². The van der Waals surface area contributed by atoms with E-state index in [9.17, 15) is 4.79 Å². The van der Waals surface area contributed by atoms with Crippen LogP contribution in [-0.2, 0) is 4.74 Å². The Morgan fingerprint density at radius 2 is 2.09 bits per heavy atom. The molecule has 0 unspecified atom stereocenters. The summed E-state index contributed by atoms with van der Waals surface area (Å²) in [6.07, 6.45) is 3.66. The molecule has 1 aromatic heterocycles. The summed E-state index contributed by atoms with van der Waals surface area (Å²) < 4.78 is 5.73. The molecule has 118 valence electrons. The van der Waals surface area contributed by atoms with Gasteiger partial charge in [0.2, 0.25) is 0 Å². The maximum atomic E-state index is 13.0. The molecule has 0 spiro atoms. The van der Waals surface area contributed by atoms with Gasteiger partial charge in [0.15, 0.2) is 0 Å². The van der Waals surface area contributed by atoms with Crippen LogP contribution in [0, 0.1) is 0 Å². The number of nitrogens with one attached hydrogen (secondary N) is 1. The Bertz CT molecular complexity index is 698. The van der Waals surface area contributed by atoms with Gasteiger partial charge in [-0.25, -0.2) is 0 Å². The van der Waals surface area contributed by atoms with E-state index >= 15 is 0 Å². The fourth-order valence-electron chi connectivity index (χ4n) is 3.26. The smallest absolute Gasteiger partial charge is 0.257 e. The standard InChI is InChI=1S/C18H19N3O2/c22-18-14-7-1-2-8-15(14)20-17(16-9-3-4-10-19-16)21(18)12-13-6-5-11-23-13/h1-4,7-10,13,17,20H,5-6,11-12H2/t13-,17-/m1/s1. The number of carbonyl (C=O) groups is 1. The van der Waals surface area contributed by atoms with Gasteiger partial charge < -0.3 is 15.0 Å². The molecule has 0 aliphatic carbocycles. The first kappa shape index (κ1) is 14.2. The van der Waals surface area contributed by atoms with Gasteiger partial charge in [-0.1, -0.05) is 18.2 Å². The number of amides is 1. The lowest BCUT2D eigenvalue weighted by atomic mass is 10.0. The number of rotatable bonds is 3. The largest absolute Gasteiger partial charge is 0.376 e. The van der Waals surface area contributed by atoms with Crippen molar-refractivity contribution in [2.24, 2.45) is 0 Å². The lowest BCUT2D eigenvalue weighted by Gasteiger charge is -2.38. The molecular formula is C18H19N3O2. The van der Waals surface area contributed by atoms with Crippen LogP contribution in [0.1, 0.15) is 35.1 Å². The minimum atomic E-state index is -0.261. The maximum absolute atomic E-state index is 13.0. The van der Waals surface area contributed by atoms with E-state index in [0.717, 1.165) is 30.8 Å². The third-order valence-electron chi connectivity index (χ3n) is 4.41. The van der Waals surface area contributed by atoms with E-state index in [1.54, 1.807) is 6.20 Å². The molecular weight excluding hydrogens is 290 g/mol. The van der Waals surface area contributed by atoms with Gasteiger partial charge in [-0.05, 0) is 37.1 Å². The minimum Gasteiger partial charge on any atom is -0.376 e. The lowest BCUT2D eigenvalue weighted by molar-refractivity contribution is 0.0422. The maximum Gasteiger partial charge on any atom is 0.257 e. The molecule has 2 aromatic rings. The Hall–Kier alpha value is -2.40. The summed E-state index contributed by atoms with van der Waals surface area (Å²) in [6, 6.07) is 13.4. The number of fused-ring (bicyclic) bond motifs is 1. The molecule has 5 heteroatoms. The van der Waals surface area contributed by atoms with Crippen LogP contribution in [0.15, 0.2) is 48.7 Å². The zero-order valence-corrected chi connectivity index (χ0v) is 12.8. The highest BCUT2D eigenvalue weighted by Gasteiger charge is 2.35. The van der Waals surface area contributed by atoms with Gasteiger partial charge >= 0.3 is 0 Å². The number of para-hydroxylation sites is 1. The third-order valence-corrected chi connectivity index (χ3v) is 4.41. The number of ether oxygens (including phenoxy) is 1. The van der Waals surface area contributed by atoms with Crippen LogP contribution in [0.5, 0.6) is 0 Å². The Morgan fingerprint density at radius 3 is 2.87 bits per heavy atom. The Morgan fingerprint density at radius 1 is 1.22 bits per heavy atom. The highest BCUT2D eigenvalue weighted by molar-refractivity contribution is 6.01. The summed E-state index contributed by atoms with van der Waals surface area (Å²) in [5, 5.41) is 3.45. The second kappa shape index (κ2) is 6.01. The van der Waals surface area contributed by atoms with E-state index in [1.807, 2.05) is 47.4 Å². The van der Waals surface area contributed by atoms with Crippen molar-refractivity contribution in [1.29, 1.82) is 0 Å². The second-order valence-electron chi connectivity index (χ2n) is 5.94. The topological polar surface area (TPSA) is 54.5 Å². The number of benzene rings is 1. The normalized spacial score (nSPS) is 23.5. The van der Waals surface area contributed by atoms with E-state index in [0.29, 0.717) is 12.1 Å². The van der Waals surface area contributed by atoms with Crippen LogP contribution in [0.3, 0.4) is 0 Å². The number of anilines is 1. The van der Waals surface area contributed by atoms with Crippen molar-refractivity contribution >= 4 is 11.6 Å². The summed E-state index contributed by atoms with van der Waals surface area (Å²) >= 11 is 0. The first-order valence-corrected chi connectivity index (χ1v) is 8.02. The molecule has 23 heavy (non-hydrogen) atoms. The summed E-state index contributed by atoms with van der Waals surface area (Å²) in [4.78, 5) is 19.3. The molecule has 2 aliphatic heterocycles. The zero-order valence-electron chi connectivity index (χ0n) is 12.8. The zero-order chi connectivity index (χ0) is 15.6. The summed E-state index contributed by atoms with van der Waals surface area (Å²) in [7, 11) is 0. The highest BCUT2D eigenvalue weighted by atomic mass is 16.5. The van der Waals surface area contributed by atoms with E-state index in [4.69, 9.17) is 4.74 Å². The molecule has 1 aromatic carbocycles. The van der Waals surface area contributed by atoms with Gasteiger partial charge in [-0.15, -0.1) is 0 Å². The first-order valence-electron chi connectivity index (χ1n) is 8.02. The highest BCUT2D eigenvalue weighted by Crippen LogP contribution is 2.33. The van der Waals surface area contributed by atoms with Gasteiger partial charge in [0.1, 0.15) is 6.17 Å². The second-order valence-corrected chi connectivity index (χ2v) is 5.94. The van der Waals surface area contributed by atoms with Crippen molar-refractivity contribution in [3.63, 3.8) is 0 Å². The van der Waals surface area contributed by atoms with Crippen molar-refractivity contribution in [1.82, 2.24) is 9.88 Å². The monoisotopic (exact) mass is 309 g/mol. The number of carbonyl (C=O) groups excluding carboxylic acids is 1.